The summed E-state index contributed by atoms with van der Waals surface area (Å²) in [7, 11) is 1.15. The summed E-state index contributed by atoms with van der Waals surface area (Å²) in [6.07, 6.45) is -1.74. The van der Waals surface area contributed by atoms with Gasteiger partial charge < -0.3 is 40.4 Å². The predicted octanol–water partition coefficient (Wildman–Crippen LogP) is 1.47. The third-order valence-corrected chi connectivity index (χ3v) is 9.54. The molecule has 0 saturated carbocycles. The van der Waals surface area contributed by atoms with Crippen molar-refractivity contribution in [1.82, 2.24) is 26.2 Å². The number of ether oxygens (including phenoxy) is 3. The highest BCUT2D eigenvalue weighted by molar-refractivity contribution is 8.00. The molecule has 3 aliphatic rings. The van der Waals surface area contributed by atoms with Crippen molar-refractivity contribution in [3.63, 3.8) is 0 Å². The molecule has 0 unspecified atom stereocenters. The lowest BCUT2D eigenvalue weighted by Crippen LogP contribution is -2.43. The zero-order chi connectivity index (χ0) is 35.4. The fourth-order valence-electron chi connectivity index (χ4n) is 5.32. The average Bonchev–Trinajstić information content (AvgIpc) is 3.72. The van der Waals surface area contributed by atoms with Gasteiger partial charge in [0.05, 0.1) is 52.2 Å². The molecule has 3 atom stereocenters. The fourth-order valence-corrected chi connectivity index (χ4v) is 6.86. The number of esters is 1. The molecule has 4 N–H and O–H groups in total. The Balaban J connectivity index is 1.10. The van der Waals surface area contributed by atoms with Crippen LogP contribution in [0.25, 0.3) is 0 Å². The van der Waals surface area contributed by atoms with Crippen LogP contribution >= 0.6 is 11.8 Å². The van der Waals surface area contributed by atoms with Gasteiger partial charge in [-0.2, -0.15) is 24.9 Å². The van der Waals surface area contributed by atoms with Crippen molar-refractivity contribution in [1.29, 1.82) is 0 Å². The van der Waals surface area contributed by atoms with Crippen molar-refractivity contribution in [2.45, 2.75) is 54.9 Å². The van der Waals surface area contributed by atoms with Crippen LogP contribution in [-0.4, -0.2) is 124 Å². The second-order valence-electron chi connectivity index (χ2n) is 11.5. The minimum atomic E-state index is -4.72. The van der Waals surface area contributed by atoms with Crippen LogP contribution in [0.3, 0.4) is 0 Å². The number of amides is 5. The smallest absolute Gasteiger partial charge is 0.442 e. The number of hydrogen-bond acceptors (Lipinski definition) is 11. The van der Waals surface area contributed by atoms with E-state index in [9.17, 15) is 37.1 Å². The standard InChI is InChI=1S/C30H40F3N7O8S/c1-46-25(43)16-35-24(42)17-40(27(44)19-6-8-20(9-7-19)29(38-39-29)30(31,32)33)11-13-48-15-14-47-12-10-34-23(41)5-3-2-4-22-26-21(18-49-22)36-28(45)37-26/h6-9,21-22,26H,2-5,10-18H2,1H3,(H,34,41)(H,35,42)(H2,36,37,45)/t21-,22-,26-/m0/s1. The van der Waals surface area contributed by atoms with E-state index in [2.05, 4.69) is 36.2 Å². The van der Waals surface area contributed by atoms with Crippen molar-refractivity contribution in [2.24, 2.45) is 10.2 Å². The van der Waals surface area contributed by atoms with E-state index in [1.54, 1.807) is 0 Å². The molecule has 5 amide bonds. The number of nitrogens with zero attached hydrogens (tertiary/aromatic N) is 3. The summed E-state index contributed by atoms with van der Waals surface area (Å²) in [5.74, 6) is -1.16. The summed E-state index contributed by atoms with van der Waals surface area (Å²) in [5, 5.41) is 17.7. The predicted molar refractivity (Wildman–Crippen MR) is 169 cm³/mol. The molecule has 15 nitrogen and oxygen atoms in total. The Bertz CT molecular complexity index is 1360. The van der Waals surface area contributed by atoms with Gasteiger partial charge in [-0.05, 0) is 25.0 Å². The maximum atomic E-state index is 13.3. The molecule has 2 saturated heterocycles. The summed E-state index contributed by atoms with van der Waals surface area (Å²) < 4.78 is 55.5. The van der Waals surface area contributed by atoms with Crippen LogP contribution in [0.5, 0.6) is 0 Å². The summed E-state index contributed by atoms with van der Waals surface area (Å²) in [5.41, 5.74) is -2.84. The quantitative estimate of drug-likeness (QED) is 0.0881. The molecule has 0 bridgehead atoms. The maximum Gasteiger partial charge on any atom is 0.442 e. The number of alkyl halides is 3. The summed E-state index contributed by atoms with van der Waals surface area (Å²) in [4.78, 5) is 61.7. The molecule has 1 aromatic carbocycles. The number of carbonyl (C=O) groups excluding carboxylic acids is 5. The maximum absolute atomic E-state index is 13.3. The fraction of sp³-hybridized carbons (Fsp3) is 0.633. The van der Waals surface area contributed by atoms with E-state index in [1.807, 2.05) is 11.8 Å². The summed E-state index contributed by atoms with van der Waals surface area (Å²) in [6.45, 7) is 0.0428. The van der Waals surface area contributed by atoms with Crippen molar-refractivity contribution in [3.05, 3.63) is 35.4 Å². The lowest BCUT2D eigenvalue weighted by Gasteiger charge is -2.23. The van der Waals surface area contributed by atoms with Gasteiger partial charge in [0.25, 0.3) is 5.91 Å². The van der Waals surface area contributed by atoms with Gasteiger partial charge in [0.15, 0.2) is 0 Å². The van der Waals surface area contributed by atoms with E-state index in [-0.39, 0.29) is 68.1 Å². The molecule has 49 heavy (non-hydrogen) atoms. The van der Waals surface area contributed by atoms with Crippen molar-refractivity contribution < 1.29 is 51.4 Å². The Hall–Kier alpha value is -3.97. The highest BCUT2D eigenvalue weighted by Gasteiger charge is 2.65. The van der Waals surface area contributed by atoms with Gasteiger partial charge in [-0.15, -0.1) is 10.2 Å². The minimum absolute atomic E-state index is 0.00674. The Morgan fingerprint density at radius 2 is 1.71 bits per heavy atom. The normalized spacial score (nSPS) is 20.2. The lowest BCUT2D eigenvalue weighted by atomic mass is 10.0. The van der Waals surface area contributed by atoms with E-state index >= 15 is 0 Å². The minimum Gasteiger partial charge on any atom is -0.468 e. The monoisotopic (exact) mass is 715 g/mol. The van der Waals surface area contributed by atoms with Crippen LogP contribution in [0.1, 0.15) is 41.6 Å². The van der Waals surface area contributed by atoms with Gasteiger partial charge in [-0.25, -0.2) is 4.79 Å². The number of methoxy groups -OCH3 is 1. The molecule has 3 aliphatic heterocycles. The zero-order valence-corrected chi connectivity index (χ0v) is 27.7. The molecule has 0 aliphatic carbocycles. The van der Waals surface area contributed by atoms with Crippen molar-refractivity contribution >= 4 is 41.5 Å². The van der Waals surface area contributed by atoms with E-state index < -0.39 is 42.7 Å². The number of halogens is 3. The number of unbranched alkanes of at least 4 members (excludes halogenated alkanes) is 1. The molecular weight excluding hydrogens is 675 g/mol. The molecule has 0 radical (unpaired) electrons. The van der Waals surface area contributed by atoms with Gasteiger partial charge >= 0.3 is 23.8 Å². The first-order chi connectivity index (χ1) is 23.4. The SMILES string of the molecule is COC(=O)CNC(=O)CN(CCOCCOCCNC(=O)CCCC[C@@H]1SC[C@@H]2NC(=O)N[C@@H]21)C(=O)c1ccc(C2(C(F)(F)F)N=N2)cc1. The van der Waals surface area contributed by atoms with Crippen LogP contribution in [0, 0.1) is 0 Å². The van der Waals surface area contributed by atoms with Crippen LogP contribution in [0.15, 0.2) is 34.5 Å². The van der Waals surface area contributed by atoms with E-state index in [0.717, 1.165) is 49.2 Å². The molecule has 0 aromatic heterocycles. The first-order valence-electron chi connectivity index (χ1n) is 15.8. The number of rotatable bonds is 20. The number of carbonyl (C=O) groups is 5. The van der Waals surface area contributed by atoms with Gasteiger partial charge in [-0.3, -0.25) is 19.2 Å². The largest absolute Gasteiger partial charge is 0.468 e. The molecule has 19 heteroatoms. The second kappa shape index (κ2) is 17.6. The third-order valence-electron chi connectivity index (χ3n) is 8.04. The Morgan fingerprint density at radius 3 is 2.39 bits per heavy atom. The summed E-state index contributed by atoms with van der Waals surface area (Å²) >= 11 is 1.85. The molecule has 0 spiro atoms. The number of benzene rings is 1. The third kappa shape index (κ3) is 10.8. The number of fused-ring (bicyclic) bond motifs is 1. The molecule has 3 heterocycles. The van der Waals surface area contributed by atoms with E-state index in [0.29, 0.717) is 18.2 Å². The molecule has 270 valence electrons. The summed E-state index contributed by atoms with van der Waals surface area (Å²) in [6, 6.07) is 4.83. The van der Waals surface area contributed by atoms with Crippen LogP contribution < -0.4 is 21.3 Å². The van der Waals surface area contributed by atoms with Gasteiger partial charge in [0.1, 0.15) is 6.54 Å². The lowest BCUT2D eigenvalue weighted by molar-refractivity contribution is -0.166. The zero-order valence-electron chi connectivity index (χ0n) is 26.9. The Labute approximate surface area is 284 Å². The highest BCUT2D eigenvalue weighted by atomic mass is 32.2. The van der Waals surface area contributed by atoms with E-state index in [1.165, 1.54) is 12.1 Å². The van der Waals surface area contributed by atoms with Gasteiger partial charge in [0, 0.05) is 41.6 Å². The van der Waals surface area contributed by atoms with Crippen LogP contribution in [-0.2, 0) is 34.3 Å². The van der Waals surface area contributed by atoms with Crippen LogP contribution in [0.4, 0.5) is 18.0 Å². The Morgan fingerprint density at radius 1 is 1.00 bits per heavy atom. The average molecular weight is 716 g/mol. The highest BCUT2D eigenvalue weighted by Crippen LogP contribution is 2.52. The van der Waals surface area contributed by atoms with Crippen LogP contribution in [0.2, 0.25) is 0 Å². The first kappa shape index (κ1) is 37.8. The number of nitrogens with one attached hydrogen (secondary N) is 4. The molecule has 1 aromatic rings. The first-order valence-corrected chi connectivity index (χ1v) is 16.8. The van der Waals surface area contributed by atoms with Gasteiger partial charge in [-0.1, -0.05) is 18.6 Å². The molecular formula is C30H40F3N7O8S. The number of urea groups is 1. The van der Waals surface area contributed by atoms with Crippen molar-refractivity contribution in [2.75, 3.05) is 65.5 Å². The Kier molecular flexibility index (Phi) is 13.6. The van der Waals surface area contributed by atoms with Crippen molar-refractivity contribution in [3.8, 4) is 0 Å². The molecule has 2 fully saturated rings. The topological polar surface area (TPSA) is 189 Å². The van der Waals surface area contributed by atoms with E-state index in [4.69, 9.17) is 9.47 Å². The second-order valence-corrected chi connectivity index (χ2v) is 12.7. The number of thioether (sulfide) groups is 1. The number of hydrogen-bond donors (Lipinski definition) is 4. The molecule has 4 rings (SSSR count). The van der Waals surface area contributed by atoms with Gasteiger partial charge in [0.2, 0.25) is 11.8 Å².